The molecule has 2 aromatic rings. The maximum Gasteiger partial charge on any atom is 0.175 e. The van der Waals surface area contributed by atoms with Crippen LogP contribution in [-0.2, 0) is 0 Å². The highest BCUT2D eigenvalue weighted by molar-refractivity contribution is 7.80. The minimum Gasteiger partial charge on any atom is -0.493 e. The summed E-state index contributed by atoms with van der Waals surface area (Å²) in [5, 5.41) is 7.40. The standard InChI is InChI=1S/C16H17ClN2O2S/c1-10-12(17)5-4-6-13(10)19-16(22)18-11-7-8-14(20-2)15(9-11)21-3/h4-9H,1-3H3,(H2,18,19,22). The molecule has 0 heterocycles. The van der Waals surface area contributed by atoms with E-state index in [4.69, 9.17) is 33.3 Å². The highest BCUT2D eigenvalue weighted by Crippen LogP contribution is 2.30. The van der Waals surface area contributed by atoms with Crippen molar-refractivity contribution in [3.8, 4) is 11.5 Å². The number of hydrogen-bond donors (Lipinski definition) is 2. The van der Waals surface area contributed by atoms with Gasteiger partial charge in [-0.1, -0.05) is 17.7 Å². The molecule has 0 aromatic heterocycles. The van der Waals surface area contributed by atoms with Crippen molar-refractivity contribution >= 4 is 40.3 Å². The topological polar surface area (TPSA) is 42.5 Å². The Morgan fingerprint density at radius 1 is 1.05 bits per heavy atom. The Morgan fingerprint density at radius 3 is 2.45 bits per heavy atom. The van der Waals surface area contributed by atoms with E-state index in [1.54, 1.807) is 14.2 Å². The molecule has 22 heavy (non-hydrogen) atoms. The minimum absolute atomic E-state index is 0.470. The SMILES string of the molecule is COc1ccc(NC(=S)Nc2cccc(Cl)c2C)cc1OC. The molecule has 0 aliphatic carbocycles. The van der Waals surface area contributed by atoms with E-state index in [2.05, 4.69) is 10.6 Å². The molecule has 0 atom stereocenters. The van der Waals surface area contributed by atoms with Gasteiger partial charge in [-0.2, -0.15) is 0 Å². The van der Waals surface area contributed by atoms with Crippen LogP contribution in [0.1, 0.15) is 5.56 Å². The first-order valence-electron chi connectivity index (χ1n) is 6.60. The summed E-state index contributed by atoms with van der Waals surface area (Å²) in [6.07, 6.45) is 0. The summed E-state index contributed by atoms with van der Waals surface area (Å²) < 4.78 is 10.5. The van der Waals surface area contributed by atoms with Crippen LogP contribution in [0.15, 0.2) is 36.4 Å². The molecule has 0 saturated heterocycles. The number of methoxy groups -OCH3 is 2. The van der Waals surface area contributed by atoms with Gasteiger partial charge in [-0.05, 0) is 49.0 Å². The zero-order valence-electron chi connectivity index (χ0n) is 12.6. The van der Waals surface area contributed by atoms with Crippen molar-refractivity contribution < 1.29 is 9.47 Å². The fraction of sp³-hybridized carbons (Fsp3) is 0.188. The molecule has 116 valence electrons. The minimum atomic E-state index is 0.470. The van der Waals surface area contributed by atoms with Crippen LogP contribution in [0.2, 0.25) is 5.02 Å². The lowest BCUT2D eigenvalue weighted by atomic mass is 10.2. The van der Waals surface area contributed by atoms with Gasteiger partial charge in [-0.3, -0.25) is 0 Å². The molecule has 0 aliphatic rings. The van der Waals surface area contributed by atoms with E-state index in [0.717, 1.165) is 16.9 Å². The van der Waals surface area contributed by atoms with Crippen molar-refractivity contribution in [2.45, 2.75) is 6.92 Å². The monoisotopic (exact) mass is 336 g/mol. The number of hydrogen-bond acceptors (Lipinski definition) is 3. The van der Waals surface area contributed by atoms with Crippen molar-refractivity contribution in [3.63, 3.8) is 0 Å². The number of benzene rings is 2. The highest BCUT2D eigenvalue weighted by atomic mass is 35.5. The summed E-state index contributed by atoms with van der Waals surface area (Å²) >= 11 is 11.4. The van der Waals surface area contributed by atoms with Gasteiger partial charge in [0.1, 0.15) is 0 Å². The largest absolute Gasteiger partial charge is 0.493 e. The summed E-state index contributed by atoms with van der Waals surface area (Å²) in [4.78, 5) is 0. The van der Waals surface area contributed by atoms with Gasteiger partial charge < -0.3 is 20.1 Å². The summed E-state index contributed by atoms with van der Waals surface area (Å²) in [7, 11) is 3.19. The van der Waals surface area contributed by atoms with E-state index < -0.39 is 0 Å². The molecule has 2 N–H and O–H groups in total. The number of nitrogens with one attached hydrogen (secondary N) is 2. The Kier molecular flexibility index (Phi) is 5.46. The van der Waals surface area contributed by atoms with Gasteiger partial charge in [0.05, 0.1) is 14.2 Å². The Labute approximate surface area is 140 Å². The molecule has 0 aliphatic heterocycles. The molecular formula is C16H17ClN2O2S. The fourth-order valence-corrected chi connectivity index (χ4v) is 2.34. The van der Waals surface area contributed by atoms with Crippen molar-refractivity contribution in [2.75, 3.05) is 24.9 Å². The highest BCUT2D eigenvalue weighted by Gasteiger charge is 2.07. The second kappa shape index (κ2) is 7.33. The summed E-state index contributed by atoms with van der Waals surface area (Å²) in [5.74, 6) is 1.30. The predicted molar refractivity (Wildman–Crippen MR) is 95.6 cm³/mol. The molecule has 2 aromatic carbocycles. The lowest BCUT2D eigenvalue weighted by Gasteiger charge is -2.14. The van der Waals surface area contributed by atoms with Gasteiger partial charge in [0, 0.05) is 22.5 Å². The maximum absolute atomic E-state index is 6.10. The van der Waals surface area contributed by atoms with E-state index >= 15 is 0 Å². The van der Waals surface area contributed by atoms with Gasteiger partial charge in [-0.15, -0.1) is 0 Å². The van der Waals surface area contributed by atoms with Crippen LogP contribution in [-0.4, -0.2) is 19.3 Å². The lowest BCUT2D eigenvalue weighted by Crippen LogP contribution is -2.19. The summed E-state index contributed by atoms with van der Waals surface area (Å²) in [6.45, 7) is 1.93. The van der Waals surface area contributed by atoms with Gasteiger partial charge in [0.15, 0.2) is 16.6 Å². The second-order valence-electron chi connectivity index (χ2n) is 4.56. The van der Waals surface area contributed by atoms with Gasteiger partial charge in [0.2, 0.25) is 0 Å². The molecular weight excluding hydrogens is 320 g/mol. The molecule has 0 unspecified atom stereocenters. The molecule has 0 radical (unpaired) electrons. The third kappa shape index (κ3) is 3.81. The fourth-order valence-electron chi connectivity index (χ4n) is 1.94. The van der Waals surface area contributed by atoms with Crippen LogP contribution in [0.3, 0.4) is 0 Å². The number of ether oxygens (including phenoxy) is 2. The van der Waals surface area contributed by atoms with Crippen LogP contribution < -0.4 is 20.1 Å². The molecule has 0 saturated carbocycles. The number of rotatable bonds is 4. The van der Waals surface area contributed by atoms with Crippen LogP contribution >= 0.6 is 23.8 Å². The Bertz CT molecular complexity index is 692. The molecule has 0 fully saturated rings. The molecule has 6 heteroatoms. The van der Waals surface area contributed by atoms with Gasteiger partial charge in [0.25, 0.3) is 0 Å². The van der Waals surface area contributed by atoms with E-state index in [0.29, 0.717) is 21.6 Å². The molecule has 0 amide bonds. The average Bonchev–Trinajstić information content (AvgIpc) is 2.51. The van der Waals surface area contributed by atoms with Gasteiger partial charge >= 0.3 is 0 Å². The van der Waals surface area contributed by atoms with Crippen molar-refractivity contribution in [1.82, 2.24) is 0 Å². The smallest absolute Gasteiger partial charge is 0.175 e. The van der Waals surface area contributed by atoms with Crippen LogP contribution in [0.5, 0.6) is 11.5 Å². The zero-order valence-corrected chi connectivity index (χ0v) is 14.1. The van der Waals surface area contributed by atoms with Crippen molar-refractivity contribution in [3.05, 3.63) is 47.0 Å². The first-order valence-corrected chi connectivity index (χ1v) is 7.39. The third-order valence-electron chi connectivity index (χ3n) is 3.16. The maximum atomic E-state index is 6.10. The quantitative estimate of drug-likeness (QED) is 0.806. The van der Waals surface area contributed by atoms with E-state index in [9.17, 15) is 0 Å². The molecule has 0 spiro atoms. The summed E-state index contributed by atoms with van der Waals surface area (Å²) in [6, 6.07) is 11.1. The van der Waals surface area contributed by atoms with Crippen LogP contribution in [0.4, 0.5) is 11.4 Å². The van der Waals surface area contributed by atoms with Crippen molar-refractivity contribution in [2.24, 2.45) is 0 Å². The lowest BCUT2D eigenvalue weighted by molar-refractivity contribution is 0.355. The Morgan fingerprint density at radius 2 is 1.77 bits per heavy atom. The third-order valence-corrected chi connectivity index (χ3v) is 3.77. The number of thiocarbonyl (C=S) groups is 1. The average molecular weight is 337 g/mol. The van der Waals surface area contributed by atoms with E-state index in [1.807, 2.05) is 43.3 Å². The normalized spacial score (nSPS) is 10.0. The number of anilines is 2. The van der Waals surface area contributed by atoms with E-state index in [1.165, 1.54) is 0 Å². The van der Waals surface area contributed by atoms with Gasteiger partial charge in [-0.25, -0.2) is 0 Å². The molecule has 0 bridgehead atoms. The predicted octanol–water partition coefficient (Wildman–Crippen LogP) is 4.47. The molecule has 4 nitrogen and oxygen atoms in total. The van der Waals surface area contributed by atoms with E-state index in [-0.39, 0.29) is 0 Å². The second-order valence-corrected chi connectivity index (χ2v) is 5.38. The first kappa shape index (κ1) is 16.4. The zero-order chi connectivity index (χ0) is 16.1. The van der Waals surface area contributed by atoms with Crippen LogP contribution in [0.25, 0.3) is 0 Å². The molecule has 2 rings (SSSR count). The summed E-state index contributed by atoms with van der Waals surface area (Å²) in [5.41, 5.74) is 2.61. The van der Waals surface area contributed by atoms with Crippen molar-refractivity contribution in [1.29, 1.82) is 0 Å². The first-order chi connectivity index (χ1) is 10.5. The Balaban J connectivity index is 2.10. The number of halogens is 1. The Hall–Kier alpha value is -1.98. The van der Waals surface area contributed by atoms with Crippen LogP contribution in [0, 0.1) is 6.92 Å².